The number of hydrogen-bond acceptors (Lipinski definition) is 7. The van der Waals surface area contributed by atoms with Gasteiger partial charge in [0.25, 0.3) is 6.29 Å². The minimum atomic E-state index is -1.52. The molecular formula is C96H166NO8+. The average Bonchev–Trinajstić information content (AvgIpc) is 1.18. The van der Waals surface area contributed by atoms with E-state index in [4.69, 9.17) is 18.9 Å². The van der Waals surface area contributed by atoms with Crippen molar-refractivity contribution in [3.05, 3.63) is 146 Å². The van der Waals surface area contributed by atoms with Crippen molar-refractivity contribution in [2.45, 2.75) is 399 Å². The standard InChI is InChI=1S/C96H165NO8/c1-6-8-10-12-14-16-18-20-22-24-26-28-30-32-34-36-38-40-42-44-46-47-49-51-53-55-57-59-61-63-65-67-69-71-73-75-77-79-81-83-85-87-94(99)105-92(91-104-96(95(100)101)102-89-88-97(3,4)5)90-103-93(98)86-84-82-80-78-76-74-72-70-68-66-64-62-60-58-56-54-52-50-48-45-43-41-39-37-35-33-31-29-27-25-23-21-19-17-15-13-11-9-7-2/h8,10,14,16,20,22,25-28,32,34,38,40,44,46,49,51,55,57,61,63,67,69,92,96H,6-7,9,11-13,15,17-19,21,23-24,29-31,33,35-37,39,41-43,45,47-48,50,52-54,56,58-60,62,64-66,68,70-91H2,1-5H3/p+1/b10-8-,16-14-,22-20-,27-25-,28-26-,34-32-,40-38-,46-44-,51-49-,57-55-,63-61-,69-67-. The first-order valence-electron chi connectivity index (χ1n) is 44.0. The van der Waals surface area contributed by atoms with Crippen LogP contribution in [0.25, 0.3) is 0 Å². The van der Waals surface area contributed by atoms with Crippen LogP contribution in [0.3, 0.4) is 0 Å². The number of allylic oxidation sites excluding steroid dienone is 24. The van der Waals surface area contributed by atoms with E-state index in [2.05, 4.69) is 160 Å². The molecule has 0 aliphatic carbocycles. The van der Waals surface area contributed by atoms with E-state index in [-0.39, 0.29) is 32.2 Å². The Morgan fingerprint density at radius 3 is 0.819 bits per heavy atom. The van der Waals surface area contributed by atoms with Crippen LogP contribution in [0.15, 0.2) is 146 Å². The second-order valence-electron chi connectivity index (χ2n) is 30.5. The number of ether oxygens (including phenoxy) is 4. The van der Waals surface area contributed by atoms with E-state index < -0.39 is 24.3 Å². The smallest absolute Gasteiger partial charge is 0.361 e. The molecule has 0 fully saturated rings. The Morgan fingerprint density at radius 2 is 0.543 bits per heavy atom. The highest BCUT2D eigenvalue weighted by molar-refractivity contribution is 5.71. The van der Waals surface area contributed by atoms with Crippen LogP contribution in [-0.4, -0.2) is 87.4 Å². The lowest BCUT2D eigenvalue weighted by Crippen LogP contribution is -2.40. The zero-order valence-electron chi connectivity index (χ0n) is 69.1. The van der Waals surface area contributed by atoms with E-state index in [1.165, 1.54) is 238 Å². The average molecular weight is 1460 g/mol. The number of carbonyl (C=O) groups excluding carboxylic acids is 2. The quantitative estimate of drug-likeness (QED) is 0.0211. The van der Waals surface area contributed by atoms with Gasteiger partial charge in [-0.1, -0.05) is 397 Å². The molecule has 0 bridgehead atoms. The van der Waals surface area contributed by atoms with Crippen molar-refractivity contribution < 1.29 is 42.9 Å². The van der Waals surface area contributed by atoms with Crippen molar-refractivity contribution >= 4 is 17.9 Å². The highest BCUT2D eigenvalue weighted by atomic mass is 16.7. The zero-order valence-corrected chi connectivity index (χ0v) is 69.1. The summed E-state index contributed by atoms with van der Waals surface area (Å²) in [5.41, 5.74) is 0. The zero-order chi connectivity index (χ0) is 76.0. The number of unbranched alkanes of at least 4 members (excludes halogenated alkanes) is 42. The number of quaternary nitrogens is 1. The molecule has 9 nitrogen and oxygen atoms in total. The molecule has 0 aromatic heterocycles. The van der Waals surface area contributed by atoms with Gasteiger partial charge < -0.3 is 28.5 Å². The van der Waals surface area contributed by atoms with Crippen LogP contribution in [0, 0.1) is 0 Å². The topological polar surface area (TPSA) is 108 Å². The normalized spacial score (nSPS) is 13.3. The first-order chi connectivity index (χ1) is 51.6. The van der Waals surface area contributed by atoms with Crippen LogP contribution in [-0.2, 0) is 33.3 Å². The molecule has 0 spiro atoms. The SMILES string of the molecule is CC/C=C\C/C=C\C/C=C\C/C=C\C/C=C\C/C=C\C/C=C\C/C=C\C/C=C\C/C=C\C/C=C\CCCCCCCCCC(=O)OC(COC(=O)CCCCCCCCCCCCCCCCCCCCCCCCCCCCC/C=C\CCCCCCCCCC)COC(OCC[N+](C)(C)C)C(=O)O. The Kier molecular flexibility index (Phi) is 80.9. The Balaban J connectivity index is 4.04. The summed E-state index contributed by atoms with van der Waals surface area (Å²) < 4.78 is 23.1. The Bertz CT molecular complexity index is 2250. The predicted octanol–water partition coefficient (Wildman–Crippen LogP) is 28.9. The fraction of sp³-hybridized carbons (Fsp3) is 0.719. The van der Waals surface area contributed by atoms with Gasteiger partial charge in [0.2, 0.25) is 0 Å². The van der Waals surface area contributed by atoms with E-state index >= 15 is 0 Å². The highest BCUT2D eigenvalue weighted by Gasteiger charge is 2.25. The number of nitrogens with zero attached hydrogens (tertiary/aromatic N) is 1. The van der Waals surface area contributed by atoms with Gasteiger partial charge in [0, 0.05) is 12.8 Å². The monoisotopic (exact) mass is 1460 g/mol. The molecule has 0 amide bonds. The molecule has 1 N–H and O–H groups in total. The fourth-order valence-corrected chi connectivity index (χ4v) is 12.4. The van der Waals surface area contributed by atoms with E-state index in [1.807, 2.05) is 21.1 Å². The molecule has 9 heteroatoms. The van der Waals surface area contributed by atoms with Gasteiger partial charge in [-0.15, -0.1) is 0 Å². The van der Waals surface area contributed by atoms with Crippen LogP contribution < -0.4 is 0 Å². The molecule has 0 aliphatic heterocycles. The molecule has 0 radical (unpaired) electrons. The largest absolute Gasteiger partial charge is 0.477 e. The molecule has 105 heavy (non-hydrogen) atoms. The second-order valence-corrected chi connectivity index (χ2v) is 30.5. The van der Waals surface area contributed by atoms with Gasteiger partial charge in [0.15, 0.2) is 6.10 Å². The van der Waals surface area contributed by atoms with Crippen molar-refractivity contribution in [2.24, 2.45) is 0 Å². The van der Waals surface area contributed by atoms with E-state index in [0.29, 0.717) is 23.9 Å². The number of carboxylic acid groups (broad SMARTS) is 1. The summed E-state index contributed by atoms with van der Waals surface area (Å²) in [5, 5.41) is 9.79. The number of aliphatic carboxylic acids is 1. The summed E-state index contributed by atoms with van der Waals surface area (Å²) >= 11 is 0. The number of carboxylic acids is 1. The number of hydrogen-bond donors (Lipinski definition) is 1. The van der Waals surface area contributed by atoms with Crippen molar-refractivity contribution in [1.29, 1.82) is 0 Å². The Labute approximate surface area is 649 Å². The molecular weight excluding hydrogens is 1300 g/mol. The number of esters is 2. The third kappa shape index (κ3) is 86.3. The van der Waals surface area contributed by atoms with Gasteiger partial charge in [0.05, 0.1) is 34.4 Å². The predicted molar refractivity (Wildman–Crippen MR) is 456 cm³/mol. The first kappa shape index (κ1) is 100. The maximum absolute atomic E-state index is 13.0. The van der Waals surface area contributed by atoms with E-state index in [1.54, 1.807) is 0 Å². The van der Waals surface area contributed by atoms with E-state index in [0.717, 1.165) is 116 Å². The third-order valence-electron chi connectivity index (χ3n) is 19.1. The molecule has 0 saturated heterocycles. The lowest BCUT2D eigenvalue weighted by atomic mass is 10.0. The van der Waals surface area contributed by atoms with E-state index in [9.17, 15) is 19.5 Å². The van der Waals surface area contributed by atoms with Gasteiger partial charge in [0.1, 0.15) is 13.2 Å². The summed E-state index contributed by atoms with van der Waals surface area (Å²) in [7, 11) is 5.98. The number of likely N-dealkylation sites (N-methyl/N-ethyl adjacent to an activating group) is 1. The van der Waals surface area contributed by atoms with Crippen LogP contribution >= 0.6 is 0 Å². The number of rotatable bonds is 81. The molecule has 0 rings (SSSR count). The second kappa shape index (κ2) is 84.8. The lowest BCUT2D eigenvalue weighted by molar-refractivity contribution is -0.870. The summed E-state index contributed by atoms with van der Waals surface area (Å²) in [4.78, 5) is 37.8. The first-order valence-corrected chi connectivity index (χ1v) is 44.0. The molecule has 2 unspecified atom stereocenters. The Hall–Kier alpha value is -4.83. The minimum Gasteiger partial charge on any atom is -0.477 e. The van der Waals surface area contributed by atoms with Crippen LogP contribution in [0.2, 0.25) is 0 Å². The summed E-state index contributed by atoms with van der Waals surface area (Å²) in [5.74, 6) is -2.01. The van der Waals surface area contributed by atoms with Gasteiger partial charge in [-0.3, -0.25) is 9.59 Å². The van der Waals surface area contributed by atoms with Crippen LogP contribution in [0.1, 0.15) is 386 Å². The Morgan fingerprint density at radius 1 is 0.295 bits per heavy atom. The van der Waals surface area contributed by atoms with Crippen molar-refractivity contribution in [3.63, 3.8) is 0 Å². The molecule has 0 saturated carbocycles. The van der Waals surface area contributed by atoms with Gasteiger partial charge in [-0.2, -0.15) is 0 Å². The summed E-state index contributed by atoms with van der Waals surface area (Å²) in [6.45, 7) is 4.78. The molecule has 602 valence electrons. The molecule has 0 aromatic carbocycles. The van der Waals surface area contributed by atoms with Crippen molar-refractivity contribution in [1.82, 2.24) is 0 Å². The maximum Gasteiger partial charge on any atom is 0.361 e. The summed E-state index contributed by atoms with van der Waals surface area (Å²) in [6, 6.07) is 0. The molecule has 0 heterocycles. The molecule has 0 aliphatic rings. The van der Waals surface area contributed by atoms with Gasteiger partial charge >= 0.3 is 17.9 Å². The summed E-state index contributed by atoms with van der Waals surface area (Å²) in [6.07, 6.45) is 122. The van der Waals surface area contributed by atoms with Gasteiger partial charge in [-0.25, -0.2) is 4.79 Å². The fourth-order valence-electron chi connectivity index (χ4n) is 12.4. The van der Waals surface area contributed by atoms with Crippen molar-refractivity contribution in [3.8, 4) is 0 Å². The van der Waals surface area contributed by atoms with Crippen molar-refractivity contribution in [2.75, 3.05) is 47.5 Å². The van der Waals surface area contributed by atoms with Crippen LogP contribution in [0.5, 0.6) is 0 Å². The highest BCUT2D eigenvalue weighted by Crippen LogP contribution is 2.19. The van der Waals surface area contributed by atoms with Gasteiger partial charge in [-0.05, 0) is 122 Å². The number of carbonyl (C=O) groups is 3. The molecule has 0 aromatic rings. The third-order valence-corrected chi connectivity index (χ3v) is 19.1. The molecule has 2 atom stereocenters. The van der Waals surface area contributed by atoms with Crippen LogP contribution in [0.4, 0.5) is 0 Å². The maximum atomic E-state index is 13.0. The minimum absolute atomic E-state index is 0.180. The lowest BCUT2D eigenvalue weighted by Gasteiger charge is -2.25.